The van der Waals surface area contributed by atoms with Gasteiger partial charge in [-0.25, -0.2) is 4.98 Å². The van der Waals surface area contributed by atoms with Crippen LogP contribution in [0.2, 0.25) is 0 Å². The Balaban J connectivity index is 1.38. The van der Waals surface area contributed by atoms with Crippen LogP contribution in [0.25, 0.3) is 10.9 Å². The second-order valence-electron chi connectivity index (χ2n) is 7.21. The van der Waals surface area contributed by atoms with Gasteiger partial charge in [-0.3, -0.25) is 19.2 Å². The van der Waals surface area contributed by atoms with Gasteiger partial charge in [0.15, 0.2) is 0 Å². The number of hydrogen-bond donors (Lipinski definition) is 0. The molecule has 0 spiro atoms. The Hall–Kier alpha value is -2.53. The van der Waals surface area contributed by atoms with Crippen molar-refractivity contribution in [1.29, 1.82) is 0 Å². The molecule has 3 aromatic rings. The molecule has 5 heteroatoms. The molecule has 0 saturated carbocycles. The first-order chi connectivity index (χ1) is 12.7. The summed E-state index contributed by atoms with van der Waals surface area (Å²) in [5.41, 5.74) is 3.05. The summed E-state index contributed by atoms with van der Waals surface area (Å²) in [6, 6.07) is 13.8. The highest BCUT2D eigenvalue weighted by Crippen LogP contribution is 2.20. The Morgan fingerprint density at radius 2 is 1.88 bits per heavy atom. The van der Waals surface area contributed by atoms with Crippen molar-refractivity contribution in [3.63, 3.8) is 0 Å². The van der Waals surface area contributed by atoms with Crippen LogP contribution in [0.4, 0.5) is 0 Å². The van der Waals surface area contributed by atoms with Crippen molar-refractivity contribution in [1.82, 2.24) is 19.4 Å². The second-order valence-corrected chi connectivity index (χ2v) is 7.21. The number of pyridine rings is 1. The smallest absolute Gasteiger partial charge is 0.261 e. The number of piperidine rings is 1. The van der Waals surface area contributed by atoms with E-state index < -0.39 is 0 Å². The predicted molar refractivity (Wildman–Crippen MR) is 103 cm³/mol. The number of para-hydroxylation sites is 1. The van der Waals surface area contributed by atoms with E-state index in [1.807, 2.05) is 37.3 Å². The molecule has 0 bridgehead atoms. The number of aryl methyl sites for hydroxylation is 1. The van der Waals surface area contributed by atoms with Crippen LogP contribution in [0, 0.1) is 12.8 Å². The third-order valence-electron chi connectivity index (χ3n) is 5.23. The van der Waals surface area contributed by atoms with Gasteiger partial charge >= 0.3 is 0 Å². The topological polar surface area (TPSA) is 51.0 Å². The summed E-state index contributed by atoms with van der Waals surface area (Å²) in [6.07, 6.45) is 3.91. The minimum absolute atomic E-state index is 0.0713. The highest BCUT2D eigenvalue weighted by molar-refractivity contribution is 5.76. The fraction of sp³-hybridized carbons (Fsp3) is 0.381. The van der Waals surface area contributed by atoms with Crippen LogP contribution in [-0.2, 0) is 13.1 Å². The van der Waals surface area contributed by atoms with Gasteiger partial charge in [0, 0.05) is 18.8 Å². The zero-order chi connectivity index (χ0) is 17.9. The summed E-state index contributed by atoms with van der Waals surface area (Å²) < 4.78 is 1.78. The van der Waals surface area contributed by atoms with E-state index >= 15 is 0 Å². The van der Waals surface area contributed by atoms with Gasteiger partial charge in [0.1, 0.15) is 0 Å². The molecule has 1 aromatic carbocycles. The van der Waals surface area contributed by atoms with Gasteiger partial charge in [-0.2, -0.15) is 0 Å². The third kappa shape index (κ3) is 3.68. The van der Waals surface area contributed by atoms with E-state index in [4.69, 9.17) is 0 Å². The van der Waals surface area contributed by atoms with E-state index in [0.717, 1.165) is 55.9 Å². The lowest BCUT2D eigenvalue weighted by Crippen LogP contribution is -2.36. The Morgan fingerprint density at radius 1 is 1.08 bits per heavy atom. The second kappa shape index (κ2) is 7.38. The molecule has 5 nitrogen and oxygen atoms in total. The predicted octanol–water partition coefficient (Wildman–Crippen LogP) is 3.01. The van der Waals surface area contributed by atoms with E-state index in [-0.39, 0.29) is 5.56 Å². The lowest BCUT2D eigenvalue weighted by molar-refractivity contribution is 0.165. The third-order valence-corrected chi connectivity index (χ3v) is 5.23. The number of hydrogen-bond acceptors (Lipinski definition) is 4. The Bertz CT molecular complexity index is 957. The fourth-order valence-corrected chi connectivity index (χ4v) is 3.76. The van der Waals surface area contributed by atoms with Gasteiger partial charge < -0.3 is 0 Å². The minimum Gasteiger partial charge on any atom is -0.298 e. The summed E-state index contributed by atoms with van der Waals surface area (Å²) in [5, 5.41) is 0.706. The maximum absolute atomic E-state index is 12.6. The van der Waals surface area contributed by atoms with Crippen molar-refractivity contribution >= 4 is 10.9 Å². The molecule has 1 saturated heterocycles. The molecule has 0 N–H and O–H groups in total. The standard InChI is InChI=1S/C21H24N4O/c1-16-5-4-6-18(23-16)14-24-11-9-17(10-12-24)13-25-15-22-20-8-3-2-7-19(20)21(25)26/h2-8,15,17H,9-14H2,1H3. The molecule has 1 aliphatic rings. The van der Waals surface area contributed by atoms with Gasteiger partial charge in [-0.1, -0.05) is 18.2 Å². The van der Waals surface area contributed by atoms with Crippen molar-refractivity contribution in [3.05, 3.63) is 70.5 Å². The van der Waals surface area contributed by atoms with Crippen LogP contribution in [-0.4, -0.2) is 32.5 Å². The lowest BCUT2D eigenvalue weighted by atomic mass is 9.96. The molecule has 0 atom stereocenters. The molecule has 1 fully saturated rings. The van der Waals surface area contributed by atoms with Crippen molar-refractivity contribution < 1.29 is 0 Å². The Labute approximate surface area is 153 Å². The van der Waals surface area contributed by atoms with E-state index in [1.165, 1.54) is 0 Å². The SMILES string of the molecule is Cc1cccc(CN2CCC(Cn3cnc4ccccc4c3=O)CC2)n1. The van der Waals surface area contributed by atoms with Crippen LogP contribution >= 0.6 is 0 Å². The largest absolute Gasteiger partial charge is 0.298 e. The van der Waals surface area contributed by atoms with Gasteiger partial charge in [0.05, 0.1) is 22.9 Å². The Kier molecular flexibility index (Phi) is 4.80. The molecule has 0 unspecified atom stereocenters. The summed E-state index contributed by atoms with van der Waals surface area (Å²) >= 11 is 0. The van der Waals surface area contributed by atoms with E-state index in [2.05, 4.69) is 27.0 Å². The van der Waals surface area contributed by atoms with Gasteiger partial charge in [-0.15, -0.1) is 0 Å². The lowest BCUT2D eigenvalue weighted by Gasteiger charge is -2.32. The molecule has 0 aliphatic carbocycles. The average molecular weight is 348 g/mol. The van der Waals surface area contributed by atoms with Gasteiger partial charge in [0.25, 0.3) is 5.56 Å². The maximum atomic E-state index is 12.6. The molecular weight excluding hydrogens is 324 g/mol. The highest BCUT2D eigenvalue weighted by atomic mass is 16.1. The highest BCUT2D eigenvalue weighted by Gasteiger charge is 2.20. The normalized spacial score (nSPS) is 16.2. The number of aromatic nitrogens is 3. The van der Waals surface area contributed by atoms with Crippen LogP contribution in [0.15, 0.2) is 53.6 Å². The molecular formula is C21H24N4O. The Morgan fingerprint density at radius 3 is 2.69 bits per heavy atom. The van der Waals surface area contributed by atoms with Gasteiger partial charge in [-0.05, 0) is 63.0 Å². The van der Waals surface area contributed by atoms with Crippen LogP contribution < -0.4 is 5.56 Å². The molecule has 26 heavy (non-hydrogen) atoms. The molecule has 0 amide bonds. The first kappa shape index (κ1) is 16.9. The number of rotatable bonds is 4. The molecule has 3 heterocycles. The summed E-state index contributed by atoms with van der Waals surface area (Å²) in [7, 11) is 0. The quantitative estimate of drug-likeness (QED) is 0.727. The van der Waals surface area contributed by atoms with Crippen molar-refractivity contribution in [2.75, 3.05) is 13.1 Å². The average Bonchev–Trinajstić information content (AvgIpc) is 2.66. The number of nitrogens with zero attached hydrogens (tertiary/aromatic N) is 4. The number of fused-ring (bicyclic) bond motifs is 1. The van der Waals surface area contributed by atoms with Crippen molar-refractivity contribution in [2.24, 2.45) is 5.92 Å². The van der Waals surface area contributed by atoms with E-state index in [1.54, 1.807) is 10.9 Å². The van der Waals surface area contributed by atoms with Crippen molar-refractivity contribution in [3.8, 4) is 0 Å². The first-order valence-electron chi connectivity index (χ1n) is 9.28. The monoisotopic (exact) mass is 348 g/mol. The molecule has 4 rings (SSSR count). The summed E-state index contributed by atoms with van der Waals surface area (Å²) in [5.74, 6) is 0.525. The van der Waals surface area contributed by atoms with Crippen LogP contribution in [0.3, 0.4) is 0 Å². The molecule has 2 aromatic heterocycles. The molecule has 0 radical (unpaired) electrons. The zero-order valence-corrected chi connectivity index (χ0v) is 15.1. The number of benzene rings is 1. The maximum Gasteiger partial charge on any atom is 0.261 e. The minimum atomic E-state index is 0.0713. The molecule has 134 valence electrons. The summed E-state index contributed by atoms with van der Waals surface area (Å²) in [6.45, 7) is 5.80. The first-order valence-corrected chi connectivity index (χ1v) is 9.28. The zero-order valence-electron chi connectivity index (χ0n) is 15.1. The number of likely N-dealkylation sites (tertiary alicyclic amines) is 1. The van der Waals surface area contributed by atoms with Gasteiger partial charge in [0.2, 0.25) is 0 Å². The van der Waals surface area contributed by atoms with Crippen LogP contribution in [0.5, 0.6) is 0 Å². The van der Waals surface area contributed by atoms with E-state index in [0.29, 0.717) is 11.3 Å². The van der Waals surface area contributed by atoms with Crippen LogP contribution in [0.1, 0.15) is 24.2 Å². The van der Waals surface area contributed by atoms with Crippen molar-refractivity contribution in [2.45, 2.75) is 32.9 Å². The molecule has 1 aliphatic heterocycles. The summed E-state index contributed by atoms with van der Waals surface area (Å²) in [4.78, 5) is 24.1. The fourth-order valence-electron chi connectivity index (χ4n) is 3.76. The van der Waals surface area contributed by atoms with E-state index in [9.17, 15) is 4.79 Å².